The van der Waals surface area contributed by atoms with Crippen molar-refractivity contribution in [3.05, 3.63) is 65.4 Å². The van der Waals surface area contributed by atoms with Gasteiger partial charge in [0.15, 0.2) is 5.70 Å². The fourth-order valence-electron chi connectivity index (χ4n) is 2.24. The van der Waals surface area contributed by atoms with Crippen LogP contribution in [0.1, 0.15) is 18.1 Å². The van der Waals surface area contributed by atoms with Gasteiger partial charge in [-0.3, -0.25) is 4.79 Å². The summed E-state index contributed by atoms with van der Waals surface area (Å²) in [7, 11) is 1.56. The summed E-state index contributed by atoms with van der Waals surface area (Å²) in [6.07, 6.45) is 1.60. The summed E-state index contributed by atoms with van der Waals surface area (Å²) in [5.41, 5.74) is 1.58. The third kappa shape index (κ3) is 3.92. The van der Waals surface area contributed by atoms with Crippen molar-refractivity contribution < 1.29 is 23.8 Å². The highest BCUT2D eigenvalue weighted by Crippen LogP contribution is 2.22. The van der Waals surface area contributed by atoms with E-state index < -0.39 is 11.9 Å². The Morgan fingerprint density at radius 3 is 2.56 bits per heavy atom. The zero-order chi connectivity index (χ0) is 17.8. The minimum absolute atomic E-state index is 0.193. The molecule has 0 aliphatic carbocycles. The molecule has 1 heterocycles. The van der Waals surface area contributed by atoms with Crippen LogP contribution in [0.4, 0.5) is 0 Å². The molecule has 0 unspecified atom stereocenters. The number of methoxy groups -OCH3 is 1. The van der Waals surface area contributed by atoms with Gasteiger partial charge in [-0.15, -0.1) is 0 Å². The first-order valence-corrected chi connectivity index (χ1v) is 7.50. The molecular formula is C19H15NO5. The fraction of sp³-hybridized carbons (Fsp3) is 0.105. The third-order valence-electron chi connectivity index (χ3n) is 3.38. The molecule has 6 heteroatoms. The molecule has 0 radical (unpaired) electrons. The number of carbonyl (C=O) groups is 2. The van der Waals surface area contributed by atoms with E-state index in [2.05, 4.69) is 4.99 Å². The van der Waals surface area contributed by atoms with Gasteiger partial charge in [-0.2, -0.15) is 0 Å². The smallest absolute Gasteiger partial charge is 0.363 e. The van der Waals surface area contributed by atoms with E-state index in [1.54, 1.807) is 61.7 Å². The van der Waals surface area contributed by atoms with E-state index in [0.717, 1.165) is 5.56 Å². The van der Waals surface area contributed by atoms with Crippen LogP contribution in [0.2, 0.25) is 0 Å². The lowest BCUT2D eigenvalue weighted by Crippen LogP contribution is -2.05. The van der Waals surface area contributed by atoms with Gasteiger partial charge in [0.25, 0.3) is 0 Å². The molecule has 2 aromatic carbocycles. The summed E-state index contributed by atoms with van der Waals surface area (Å²) in [6, 6.07) is 13.8. The zero-order valence-electron chi connectivity index (χ0n) is 13.7. The molecule has 2 aromatic rings. The molecule has 1 aliphatic rings. The van der Waals surface area contributed by atoms with Crippen LogP contribution in [0.25, 0.3) is 6.08 Å². The van der Waals surface area contributed by atoms with Crippen molar-refractivity contribution in [3.63, 3.8) is 0 Å². The molecule has 126 valence electrons. The fourth-order valence-corrected chi connectivity index (χ4v) is 2.24. The van der Waals surface area contributed by atoms with Gasteiger partial charge in [0.2, 0.25) is 5.90 Å². The van der Waals surface area contributed by atoms with Gasteiger partial charge >= 0.3 is 11.9 Å². The predicted molar refractivity (Wildman–Crippen MR) is 91.4 cm³/mol. The lowest BCUT2D eigenvalue weighted by molar-refractivity contribution is -0.132. The minimum Gasteiger partial charge on any atom is -0.497 e. The minimum atomic E-state index is -0.526. The summed E-state index contributed by atoms with van der Waals surface area (Å²) >= 11 is 0. The van der Waals surface area contributed by atoms with E-state index in [9.17, 15) is 9.59 Å². The quantitative estimate of drug-likeness (QED) is 0.487. The lowest BCUT2D eigenvalue weighted by atomic mass is 10.2. The molecular weight excluding hydrogens is 322 g/mol. The molecule has 6 nitrogen and oxygen atoms in total. The number of ether oxygens (including phenoxy) is 3. The Balaban J connectivity index is 1.84. The second-order valence-corrected chi connectivity index (χ2v) is 5.23. The van der Waals surface area contributed by atoms with Crippen molar-refractivity contribution in [3.8, 4) is 11.5 Å². The molecule has 0 atom stereocenters. The highest BCUT2D eigenvalue weighted by atomic mass is 16.6. The third-order valence-corrected chi connectivity index (χ3v) is 3.38. The molecule has 0 saturated heterocycles. The topological polar surface area (TPSA) is 74.2 Å². The molecule has 0 saturated carbocycles. The summed E-state index contributed by atoms with van der Waals surface area (Å²) < 4.78 is 15.3. The van der Waals surface area contributed by atoms with Gasteiger partial charge in [0.05, 0.1) is 7.11 Å². The maximum Gasteiger partial charge on any atom is 0.363 e. The van der Waals surface area contributed by atoms with E-state index in [4.69, 9.17) is 14.2 Å². The van der Waals surface area contributed by atoms with Crippen molar-refractivity contribution >= 4 is 23.9 Å². The number of carbonyl (C=O) groups excluding carboxylic acids is 2. The van der Waals surface area contributed by atoms with Crippen molar-refractivity contribution in [1.29, 1.82) is 0 Å². The average Bonchev–Trinajstić information content (AvgIpc) is 2.97. The number of aliphatic imine (C=N–C) groups is 1. The standard InChI is InChI=1S/C19H15NO5/c1-12(21)24-15-8-6-13(7-9-15)10-17-19(22)25-18(20-17)14-4-3-5-16(11-14)23-2/h3-11H,1-2H3/b17-10+. The highest BCUT2D eigenvalue weighted by molar-refractivity contribution is 6.12. The highest BCUT2D eigenvalue weighted by Gasteiger charge is 2.24. The van der Waals surface area contributed by atoms with E-state index in [-0.39, 0.29) is 11.6 Å². The Hall–Kier alpha value is -3.41. The van der Waals surface area contributed by atoms with Crippen LogP contribution in [0, 0.1) is 0 Å². The van der Waals surface area contributed by atoms with E-state index in [0.29, 0.717) is 17.1 Å². The molecule has 1 aliphatic heterocycles. The molecule has 3 rings (SSSR count). The van der Waals surface area contributed by atoms with Crippen LogP contribution in [0.3, 0.4) is 0 Å². The molecule has 25 heavy (non-hydrogen) atoms. The maximum atomic E-state index is 12.0. The van der Waals surface area contributed by atoms with Gasteiger partial charge in [0, 0.05) is 12.5 Å². The Kier molecular flexibility index (Phi) is 4.61. The van der Waals surface area contributed by atoms with Gasteiger partial charge < -0.3 is 14.2 Å². The van der Waals surface area contributed by atoms with Crippen molar-refractivity contribution in [2.24, 2.45) is 4.99 Å². The molecule has 0 bridgehead atoms. The van der Waals surface area contributed by atoms with Gasteiger partial charge in [0.1, 0.15) is 11.5 Å². The second-order valence-electron chi connectivity index (χ2n) is 5.23. The number of rotatable bonds is 4. The van der Waals surface area contributed by atoms with Crippen molar-refractivity contribution in [1.82, 2.24) is 0 Å². The van der Waals surface area contributed by atoms with Crippen LogP contribution in [-0.2, 0) is 14.3 Å². The van der Waals surface area contributed by atoms with Crippen LogP contribution in [0.5, 0.6) is 11.5 Å². The summed E-state index contributed by atoms with van der Waals surface area (Å²) in [6.45, 7) is 1.33. The van der Waals surface area contributed by atoms with Crippen LogP contribution in [0.15, 0.2) is 59.2 Å². The van der Waals surface area contributed by atoms with Crippen LogP contribution < -0.4 is 9.47 Å². The predicted octanol–water partition coefficient (Wildman–Crippen LogP) is 2.97. The Bertz CT molecular complexity index is 881. The van der Waals surface area contributed by atoms with E-state index in [1.165, 1.54) is 6.92 Å². The van der Waals surface area contributed by atoms with Gasteiger partial charge in [-0.1, -0.05) is 18.2 Å². The van der Waals surface area contributed by atoms with Crippen LogP contribution >= 0.6 is 0 Å². The van der Waals surface area contributed by atoms with E-state index >= 15 is 0 Å². The Morgan fingerprint density at radius 1 is 1.12 bits per heavy atom. The summed E-state index contributed by atoms with van der Waals surface area (Å²) in [4.78, 5) is 27.2. The van der Waals surface area contributed by atoms with Crippen molar-refractivity contribution in [2.45, 2.75) is 6.92 Å². The zero-order valence-corrected chi connectivity index (χ0v) is 13.7. The number of hydrogen-bond donors (Lipinski definition) is 0. The van der Waals surface area contributed by atoms with Gasteiger partial charge in [-0.25, -0.2) is 9.79 Å². The number of nitrogens with zero attached hydrogens (tertiary/aromatic N) is 1. The van der Waals surface area contributed by atoms with E-state index in [1.807, 2.05) is 0 Å². The Morgan fingerprint density at radius 2 is 1.88 bits per heavy atom. The first-order chi connectivity index (χ1) is 12.0. The molecule has 0 spiro atoms. The normalized spacial score (nSPS) is 14.9. The Labute approximate surface area is 144 Å². The second kappa shape index (κ2) is 7.00. The lowest BCUT2D eigenvalue weighted by Gasteiger charge is -2.02. The number of esters is 2. The number of cyclic esters (lactones) is 1. The van der Waals surface area contributed by atoms with Crippen LogP contribution in [-0.4, -0.2) is 24.9 Å². The van der Waals surface area contributed by atoms with Crippen molar-refractivity contribution in [2.75, 3.05) is 7.11 Å². The maximum absolute atomic E-state index is 12.0. The number of hydrogen-bond acceptors (Lipinski definition) is 6. The number of benzene rings is 2. The summed E-state index contributed by atoms with van der Waals surface area (Å²) in [5.74, 6) is 0.394. The molecule has 0 aromatic heterocycles. The first-order valence-electron chi connectivity index (χ1n) is 7.50. The SMILES string of the molecule is COc1cccc(C2=N/C(=C/c3ccc(OC(C)=O)cc3)C(=O)O2)c1. The summed E-state index contributed by atoms with van der Waals surface area (Å²) in [5, 5.41) is 0. The molecule has 0 fully saturated rings. The average molecular weight is 337 g/mol. The monoisotopic (exact) mass is 337 g/mol. The first kappa shape index (κ1) is 16.4. The largest absolute Gasteiger partial charge is 0.497 e. The molecule has 0 amide bonds. The van der Waals surface area contributed by atoms with Gasteiger partial charge in [-0.05, 0) is 42.0 Å². The molecule has 0 N–H and O–H groups in total.